The number of piperidine rings is 1. The summed E-state index contributed by atoms with van der Waals surface area (Å²) < 4.78 is 6.35. The fourth-order valence-electron chi connectivity index (χ4n) is 3.44. The zero-order valence-corrected chi connectivity index (χ0v) is 12.2. The van der Waals surface area contributed by atoms with E-state index in [1.165, 1.54) is 19.3 Å². The first-order chi connectivity index (χ1) is 8.66. The van der Waals surface area contributed by atoms with E-state index in [0.717, 1.165) is 42.9 Å². The van der Waals surface area contributed by atoms with Crippen molar-refractivity contribution in [2.45, 2.75) is 44.2 Å². The molecule has 1 N–H and O–H groups in total. The largest absolute Gasteiger partial charge is 0.453 e. The molecule has 3 nitrogen and oxygen atoms in total. The van der Waals surface area contributed by atoms with E-state index in [0.29, 0.717) is 5.92 Å². The molecule has 2 heterocycles. The van der Waals surface area contributed by atoms with Crippen LogP contribution in [0.3, 0.4) is 0 Å². The van der Waals surface area contributed by atoms with Gasteiger partial charge in [0, 0.05) is 19.0 Å². The molecular formula is C14H20BrNO2. The second kappa shape index (κ2) is 4.99. The topological polar surface area (TPSA) is 36.6 Å². The van der Waals surface area contributed by atoms with Crippen molar-refractivity contribution in [3.63, 3.8) is 0 Å². The van der Waals surface area contributed by atoms with E-state index in [4.69, 9.17) is 4.42 Å². The SMILES string of the molecule is OC12CCCCC1CN(Cc1ccc(Br)o1)CC2. The monoisotopic (exact) mass is 313 g/mol. The predicted molar refractivity (Wildman–Crippen MR) is 73.2 cm³/mol. The van der Waals surface area contributed by atoms with Gasteiger partial charge in [-0.05, 0) is 47.3 Å². The summed E-state index contributed by atoms with van der Waals surface area (Å²) >= 11 is 3.34. The predicted octanol–water partition coefficient (Wildman–Crippen LogP) is 3.17. The van der Waals surface area contributed by atoms with Gasteiger partial charge < -0.3 is 9.52 Å². The molecule has 2 atom stereocenters. The lowest BCUT2D eigenvalue weighted by Gasteiger charge is -2.47. The van der Waals surface area contributed by atoms with E-state index < -0.39 is 0 Å². The molecule has 1 saturated heterocycles. The summed E-state index contributed by atoms with van der Waals surface area (Å²) in [6, 6.07) is 3.96. The molecule has 18 heavy (non-hydrogen) atoms. The molecule has 0 spiro atoms. The molecule has 1 aromatic rings. The Hall–Kier alpha value is -0.320. The molecule has 1 aliphatic carbocycles. The number of furan rings is 1. The lowest BCUT2D eigenvalue weighted by Crippen LogP contribution is -2.52. The molecule has 0 amide bonds. The summed E-state index contributed by atoms with van der Waals surface area (Å²) in [5.74, 6) is 1.46. The van der Waals surface area contributed by atoms with E-state index in [2.05, 4.69) is 20.8 Å². The van der Waals surface area contributed by atoms with Gasteiger partial charge in [0.1, 0.15) is 5.76 Å². The van der Waals surface area contributed by atoms with Crippen LogP contribution in [0.15, 0.2) is 21.2 Å². The van der Waals surface area contributed by atoms with Crippen LogP contribution in [-0.2, 0) is 6.54 Å². The van der Waals surface area contributed by atoms with Crippen molar-refractivity contribution in [1.82, 2.24) is 4.90 Å². The van der Waals surface area contributed by atoms with Crippen molar-refractivity contribution in [2.24, 2.45) is 5.92 Å². The number of nitrogens with zero attached hydrogens (tertiary/aromatic N) is 1. The minimum Gasteiger partial charge on any atom is -0.453 e. The second-order valence-corrected chi connectivity index (χ2v) is 6.52. The molecule has 3 rings (SSSR count). The fourth-order valence-corrected chi connectivity index (χ4v) is 3.78. The highest BCUT2D eigenvalue weighted by atomic mass is 79.9. The van der Waals surface area contributed by atoms with Gasteiger partial charge in [-0.25, -0.2) is 0 Å². The van der Waals surface area contributed by atoms with Gasteiger partial charge in [0.15, 0.2) is 4.67 Å². The van der Waals surface area contributed by atoms with Crippen LogP contribution in [-0.4, -0.2) is 28.7 Å². The van der Waals surface area contributed by atoms with Crippen molar-refractivity contribution in [1.29, 1.82) is 0 Å². The first-order valence-electron chi connectivity index (χ1n) is 6.85. The fraction of sp³-hybridized carbons (Fsp3) is 0.714. The van der Waals surface area contributed by atoms with Crippen LogP contribution in [0.1, 0.15) is 37.9 Å². The summed E-state index contributed by atoms with van der Waals surface area (Å²) in [6.07, 6.45) is 5.55. The average Bonchev–Trinajstić information content (AvgIpc) is 2.75. The number of hydrogen-bond donors (Lipinski definition) is 1. The molecule has 4 heteroatoms. The number of rotatable bonds is 2. The smallest absolute Gasteiger partial charge is 0.169 e. The number of halogens is 1. The van der Waals surface area contributed by atoms with Crippen molar-refractivity contribution >= 4 is 15.9 Å². The number of fused-ring (bicyclic) bond motifs is 1. The molecular weight excluding hydrogens is 294 g/mol. The maximum absolute atomic E-state index is 10.6. The number of hydrogen-bond acceptors (Lipinski definition) is 3. The van der Waals surface area contributed by atoms with Gasteiger partial charge in [0.25, 0.3) is 0 Å². The molecule has 1 aliphatic heterocycles. The Labute approximate surface area is 116 Å². The minimum absolute atomic E-state index is 0.376. The van der Waals surface area contributed by atoms with Crippen molar-refractivity contribution in [2.75, 3.05) is 13.1 Å². The zero-order chi connectivity index (χ0) is 12.6. The van der Waals surface area contributed by atoms with E-state index in [9.17, 15) is 5.11 Å². The summed E-state index contributed by atoms with van der Waals surface area (Å²) in [4.78, 5) is 2.41. The van der Waals surface area contributed by atoms with Gasteiger partial charge in [-0.2, -0.15) is 0 Å². The molecule has 2 fully saturated rings. The number of likely N-dealkylation sites (tertiary alicyclic amines) is 1. The highest BCUT2D eigenvalue weighted by Gasteiger charge is 2.42. The molecule has 2 unspecified atom stereocenters. The summed E-state index contributed by atoms with van der Waals surface area (Å²) in [6.45, 7) is 2.85. The van der Waals surface area contributed by atoms with E-state index >= 15 is 0 Å². The Morgan fingerprint density at radius 2 is 2.28 bits per heavy atom. The standard InChI is InChI=1S/C14H20BrNO2/c15-13-5-4-12(18-13)10-16-8-7-14(17)6-2-1-3-11(14)9-16/h4-5,11,17H,1-3,6-10H2. The van der Waals surface area contributed by atoms with Crippen LogP contribution in [0.25, 0.3) is 0 Å². The third-order valence-corrected chi connectivity index (χ3v) is 4.95. The molecule has 1 aromatic heterocycles. The van der Waals surface area contributed by atoms with Crippen LogP contribution < -0.4 is 0 Å². The lowest BCUT2D eigenvalue weighted by molar-refractivity contribution is -0.0975. The second-order valence-electron chi connectivity index (χ2n) is 5.74. The van der Waals surface area contributed by atoms with Crippen LogP contribution in [0, 0.1) is 5.92 Å². The Bertz CT molecular complexity index is 420. The molecule has 1 saturated carbocycles. The third-order valence-electron chi connectivity index (χ3n) is 4.52. The lowest BCUT2D eigenvalue weighted by atomic mass is 9.71. The highest BCUT2D eigenvalue weighted by Crippen LogP contribution is 2.40. The van der Waals surface area contributed by atoms with Crippen molar-refractivity contribution < 1.29 is 9.52 Å². The Balaban J connectivity index is 1.63. The molecule has 0 radical (unpaired) electrons. The zero-order valence-electron chi connectivity index (χ0n) is 10.6. The van der Waals surface area contributed by atoms with E-state index in [-0.39, 0.29) is 5.60 Å². The Morgan fingerprint density at radius 3 is 3.06 bits per heavy atom. The van der Waals surface area contributed by atoms with Crippen LogP contribution in [0.2, 0.25) is 0 Å². The Morgan fingerprint density at radius 1 is 1.39 bits per heavy atom. The van der Waals surface area contributed by atoms with E-state index in [1.807, 2.05) is 12.1 Å². The quantitative estimate of drug-likeness (QED) is 0.911. The molecule has 2 aliphatic rings. The van der Waals surface area contributed by atoms with Crippen molar-refractivity contribution in [3.8, 4) is 0 Å². The van der Waals surface area contributed by atoms with Gasteiger partial charge in [0.05, 0.1) is 12.1 Å². The Kier molecular flexibility index (Phi) is 3.52. The van der Waals surface area contributed by atoms with Gasteiger partial charge >= 0.3 is 0 Å². The molecule has 0 aromatic carbocycles. The minimum atomic E-state index is -0.376. The van der Waals surface area contributed by atoms with Gasteiger partial charge in [-0.15, -0.1) is 0 Å². The van der Waals surface area contributed by atoms with Gasteiger partial charge in [-0.3, -0.25) is 4.90 Å². The maximum atomic E-state index is 10.6. The third kappa shape index (κ3) is 2.51. The first-order valence-corrected chi connectivity index (χ1v) is 7.64. The van der Waals surface area contributed by atoms with Gasteiger partial charge in [0.2, 0.25) is 0 Å². The van der Waals surface area contributed by atoms with E-state index in [1.54, 1.807) is 0 Å². The maximum Gasteiger partial charge on any atom is 0.169 e. The summed E-state index contributed by atoms with van der Waals surface area (Å²) in [7, 11) is 0. The van der Waals surface area contributed by atoms with Crippen LogP contribution in [0.5, 0.6) is 0 Å². The van der Waals surface area contributed by atoms with Crippen LogP contribution in [0.4, 0.5) is 0 Å². The highest BCUT2D eigenvalue weighted by molar-refractivity contribution is 9.10. The summed E-state index contributed by atoms with van der Waals surface area (Å²) in [5.41, 5.74) is -0.376. The molecule has 0 bridgehead atoms. The normalized spacial score (nSPS) is 33.3. The summed E-state index contributed by atoms with van der Waals surface area (Å²) in [5, 5.41) is 10.6. The average molecular weight is 314 g/mol. The van der Waals surface area contributed by atoms with Crippen molar-refractivity contribution in [3.05, 3.63) is 22.6 Å². The first kappa shape index (κ1) is 12.7. The molecule has 100 valence electrons. The van der Waals surface area contributed by atoms with Crippen LogP contribution >= 0.6 is 15.9 Å². The number of aliphatic hydroxyl groups is 1. The van der Waals surface area contributed by atoms with Gasteiger partial charge in [-0.1, -0.05) is 12.8 Å².